The highest BCUT2D eigenvalue weighted by Crippen LogP contribution is 2.53. The molecule has 1 aromatic heterocycles. The number of thiophene rings is 1. The number of carbonyl (C=O) groups is 1. The molecule has 0 aromatic carbocycles. The summed E-state index contributed by atoms with van der Waals surface area (Å²) in [4.78, 5) is 19.4. The van der Waals surface area contributed by atoms with Crippen LogP contribution < -0.4 is 5.73 Å². The largest absolute Gasteiger partial charge is 0.369 e. The van der Waals surface area contributed by atoms with E-state index in [-0.39, 0.29) is 5.91 Å². The number of halogens is 1. The highest BCUT2D eigenvalue weighted by Gasteiger charge is 2.51. The van der Waals surface area contributed by atoms with Crippen LogP contribution >= 0.6 is 27.3 Å². The van der Waals surface area contributed by atoms with Crippen molar-refractivity contribution in [2.75, 3.05) is 7.05 Å². The minimum atomic E-state index is -0.412. The van der Waals surface area contributed by atoms with Gasteiger partial charge >= 0.3 is 0 Å². The number of nitrogens with zero attached hydrogens (tertiary/aromatic N) is 2. The number of hydrogen-bond acceptors (Lipinski definition) is 4. The van der Waals surface area contributed by atoms with Crippen molar-refractivity contribution in [3.63, 3.8) is 0 Å². The molecule has 1 aliphatic heterocycles. The summed E-state index contributed by atoms with van der Waals surface area (Å²) >= 11 is 5.13. The standard InChI is InChI=1S/C12H14BrN3OS/c1-16-10(17)6-12(7-2-3-7,15-11(16)14)8-4-5-9(13)18-8/h4-5,7H,2-3,6H2,1H3,(H2,14,15). The van der Waals surface area contributed by atoms with Gasteiger partial charge in [-0.15, -0.1) is 11.3 Å². The van der Waals surface area contributed by atoms with Gasteiger partial charge in [-0.1, -0.05) is 0 Å². The molecule has 1 aromatic rings. The summed E-state index contributed by atoms with van der Waals surface area (Å²) in [6, 6.07) is 4.07. The summed E-state index contributed by atoms with van der Waals surface area (Å²) < 4.78 is 1.07. The van der Waals surface area contributed by atoms with Gasteiger partial charge in [0, 0.05) is 11.9 Å². The average molecular weight is 328 g/mol. The van der Waals surface area contributed by atoms with E-state index in [1.54, 1.807) is 18.4 Å². The van der Waals surface area contributed by atoms with Gasteiger partial charge in [0.1, 0.15) is 5.54 Å². The quantitative estimate of drug-likeness (QED) is 0.906. The van der Waals surface area contributed by atoms with E-state index in [4.69, 9.17) is 5.73 Å². The SMILES string of the molecule is CN1C(=O)CC(c2ccc(Br)s2)(C2CC2)N=C1N. The van der Waals surface area contributed by atoms with Gasteiger partial charge in [0.15, 0.2) is 5.96 Å². The first-order valence-electron chi connectivity index (χ1n) is 5.90. The molecule has 2 heterocycles. The molecule has 4 nitrogen and oxygen atoms in total. The van der Waals surface area contributed by atoms with Crippen LogP contribution in [0.1, 0.15) is 24.1 Å². The molecule has 0 radical (unpaired) electrons. The number of rotatable bonds is 2. The number of carbonyl (C=O) groups excluding carboxylic acids is 1. The molecule has 18 heavy (non-hydrogen) atoms. The van der Waals surface area contributed by atoms with Crippen LogP contribution in [0, 0.1) is 5.92 Å². The fourth-order valence-electron chi connectivity index (χ4n) is 2.48. The number of nitrogens with two attached hydrogens (primary N) is 1. The third-order valence-electron chi connectivity index (χ3n) is 3.71. The third-order valence-corrected chi connectivity index (χ3v) is 5.50. The van der Waals surface area contributed by atoms with Crippen LogP contribution in [0.5, 0.6) is 0 Å². The van der Waals surface area contributed by atoms with Crippen LogP contribution in [0.15, 0.2) is 20.9 Å². The Hall–Kier alpha value is -0.880. The predicted molar refractivity (Wildman–Crippen MR) is 75.4 cm³/mol. The predicted octanol–water partition coefficient (Wildman–Crippen LogP) is 2.29. The Morgan fingerprint density at radius 1 is 1.56 bits per heavy atom. The molecule has 0 spiro atoms. The lowest BCUT2D eigenvalue weighted by Crippen LogP contribution is -2.49. The van der Waals surface area contributed by atoms with Gasteiger partial charge in [-0.05, 0) is 46.8 Å². The molecule has 1 amide bonds. The fourth-order valence-corrected chi connectivity index (χ4v) is 4.08. The molecule has 6 heteroatoms. The molecule has 1 fully saturated rings. The van der Waals surface area contributed by atoms with Crippen LogP contribution in [0.4, 0.5) is 0 Å². The van der Waals surface area contributed by atoms with Crippen LogP contribution in [-0.4, -0.2) is 23.8 Å². The van der Waals surface area contributed by atoms with E-state index in [0.717, 1.165) is 21.5 Å². The smallest absolute Gasteiger partial charge is 0.231 e. The Kier molecular flexibility index (Phi) is 2.75. The minimum Gasteiger partial charge on any atom is -0.369 e. The zero-order chi connectivity index (χ0) is 12.9. The van der Waals surface area contributed by atoms with Crippen molar-refractivity contribution in [1.82, 2.24) is 4.90 Å². The maximum atomic E-state index is 12.1. The van der Waals surface area contributed by atoms with Gasteiger partial charge in [0.05, 0.1) is 10.2 Å². The molecule has 2 N–H and O–H groups in total. The Bertz CT molecular complexity index is 537. The molecule has 96 valence electrons. The summed E-state index contributed by atoms with van der Waals surface area (Å²) in [7, 11) is 1.68. The number of guanidine groups is 1. The summed E-state index contributed by atoms with van der Waals surface area (Å²) in [6.45, 7) is 0. The Morgan fingerprint density at radius 3 is 2.78 bits per heavy atom. The molecule has 1 aliphatic carbocycles. The molecule has 1 saturated carbocycles. The summed E-state index contributed by atoms with van der Waals surface area (Å²) in [5, 5.41) is 0. The van der Waals surface area contributed by atoms with Gasteiger partial charge in [-0.2, -0.15) is 0 Å². The Labute approximate surface area is 118 Å². The average Bonchev–Trinajstić information content (AvgIpc) is 3.09. The lowest BCUT2D eigenvalue weighted by molar-refractivity contribution is -0.128. The fraction of sp³-hybridized carbons (Fsp3) is 0.500. The highest BCUT2D eigenvalue weighted by atomic mass is 79.9. The second-order valence-electron chi connectivity index (χ2n) is 4.90. The zero-order valence-corrected chi connectivity index (χ0v) is 12.4. The second kappa shape index (κ2) is 4.06. The van der Waals surface area contributed by atoms with Gasteiger partial charge in [0.25, 0.3) is 0 Å². The highest BCUT2D eigenvalue weighted by molar-refractivity contribution is 9.11. The van der Waals surface area contributed by atoms with Crippen LogP contribution in [0.2, 0.25) is 0 Å². The van der Waals surface area contributed by atoms with E-state index in [1.165, 1.54) is 4.90 Å². The van der Waals surface area contributed by atoms with E-state index in [1.807, 2.05) is 6.07 Å². The van der Waals surface area contributed by atoms with Crippen LogP contribution in [0.3, 0.4) is 0 Å². The van der Waals surface area contributed by atoms with Crippen molar-refractivity contribution in [2.24, 2.45) is 16.6 Å². The maximum absolute atomic E-state index is 12.1. The van der Waals surface area contributed by atoms with E-state index in [0.29, 0.717) is 18.3 Å². The lowest BCUT2D eigenvalue weighted by Gasteiger charge is -2.35. The first-order chi connectivity index (χ1) is 8.53. The monoisotopic (exact) mass is 327 g/mol. The Morgan fingerprint density at radius 2 is 2.28 bits per heavy atom. The number of amides is 1. The van der Waals surface area contributed by atoms with Crippen molar-refractivity contribution in [3.8, 4) is 0 Å². The third kappa shape index (κ3) is 1.78. The number of aliphatic imine (C=N–C) groups is 1. The molecule has 0 saturated heterocycles. The van der Waals surface area contributed by atoms with Gasteiger partial charge in [-0.25, -0.2) is 4.99 Å². The molecule has 1 unspecified atom stereocenters. The number of hydrogen-bond donors (Lipinski definition) is 1. The summed E-state index contributed by atoms with van der Waals surface area (Å²) in [5.74, 6) is 0.848. The molecular formula is C12H14BrN3OS. The van der Waals surface area contributed by atoms with Gasteiger partial charge < -0.3 is 5.73 Å². The van der Waals surface area contributed by atoms with Gasteiger partial charge in [0.2, 0.25) is 5.91 Å². The summed E-state index contributed by atoms with van der Waals surface area (Å²) in [6.07, 6.45) is 2.69. The Balaban J connectivity index is 2.10. The molecule has 2 aliphatic rings. The van der Waals surface area contributed by atoms with Crippen LogP contribution in [0.25, 0.3) is 0 Å². The summed E-state index contributed by atoms with van der Waals surface area (Å²) in [5.41, 5.74) is 5.49. The molecule has 1 atom stereocenters. The molecule has 0 bridgehead atoms. The lowest BCUT2D eigenvalue weighted by atomic mass is 9.86. The van der Waals surface area contributed by atoms with E-state index in [9.17, 15) is 4.79 Å². The van der Waals surface area contributed by atoms with Crippen molar-refractivity contribution in [1.29, 1.82) is 0 Å². The van der Waals surface area contributed by atoms with Crippen LogP contribution in [-0.2, 0) is 10.3 Å². The van der Waals surface area contributed by atoms with Crippen molar-refractivity contribution in [2.45, 2.75) is 24.8 Å². The van der Waals surface area contributed by atoms with Crippen molar-refractivity contribution < 1.29 is 4.79 Å². The topological polar surface area (TPSA) is 58.7 Å². The second-order valence-corrected chi connectivity index (χ2v) is 7.36. The maximum Gasteiger partial charge on any atom is 0.231 e. The zero-order valence-electron chi connectivity index (χ0n) is 10.0. The minimum absolute atomic E-state index is 0.0546. The normalized spacial score (nSPS) is 28.4. The van der Waals surface area contributed by atoms with E-state index in [2.05, 4.69) is 27.0 Å². The van der Waals surface area contributed by atoms with Crippen molar-refractivity contribution >= 4 is 39.1 Å². The molecular weight excluding hydrogens is 314 g/mol. The molecule has 3 rings (SSSR count). The first kappa shape index (κ1) is 12.2. The van der Waals surface area contributed by atoms with E-state index < -0.39 is 5.54 Å². The van der Waals surface area contributed by atoms with E-state index >= 15 is 0 Å². The van der Waals surface area contributed by atoms with Gasteiger partial charge in [-0.3, -0.25) is 9.69 Å². The first-order valence-corrected chi connectivity index (χ1v) is 7.51. The van der Waals surface area contributed by atoms with Crippen molar-refractivity contribution in [3.05, 3.63) is 20.8 Å².